The van der Waals surface area contributed by atoms with Crippen molar-refractivity contribution in [2.45, 2.75) is 57.1 Å². The number of fused-ring (bicyclic) bond motifs is 2. The Labute approximate surface area is 143 Å². The monoisotopic (exact) mass is 329 g/mol. The minimum absolute atomic E-state index is 0.0161. The molecule has 1 aromatic heterocycles. The molecule has 0 unspecified atom stereocenters. The van der Waals surface area contributed by atoms with Gasteiger partial charge in [-0.25, -0.2) is 4.79 Å². The van der Waals surface area contributed by atoms with Crippen LogP contribution in [0.1, 0.15) is 44.2 Å². The molecule has 3 fully saturated rings. The fourth-order valence-electron chi connectivity index (χ4n) is 5.11. The molecule has 1 saturated heterocycles. The number of amides is 2. The number of urea groups is 1. The van der Waals surface area contributed by atoms with Gasteiger partial charge >= 0.3 is 6.03 Å². The van der Waals surface area contributed by atoms with Gasteiger partial charge in [0.05, 0.1) is 6.10 Å². The minimum atomic E-state index is -0.0161. The third-order valence-electron chi connectivity index (χ3n) is 6.19. The molecule has 1 aromatic rings. The Bertz CT molecular complexity index is 571. The summed E-state index contributed by atoms with van der Waals surface area (Å²) in [4.78, 5) is 16.6. The highest BCUT2D eigenvalue weighted by Crippen LogP contribution is 2.60. The highest BCUT2D eigenvalue weighted by atomic mass is 16.5. The summed E-state index contributed by atoms with van der Waals surface area (Å²) < 4.78 is 5.97. The summed E-state index contributed by atoms with van der Waals surface area (Å²) >= 11 is 0. The lowest BCUT2D eigenvalue weighted by Gasteiger charge is -2.56. The summed E-state index contributed by atoms with van der Waals surface area (Å²) in [6.45, 7) is 1.55. The lowest BCUT2D eigenvalue weighted by Crippen LogP contribution is -2.69. The van der Waals surface area contributed by atoms with Crippen molar-refractivity contribution in [2.75, 3.05) is 13.2 Å². The van der Waals surface area contributed by atoms with Crippen LogP contribution in [0.4, 0.5) is 4.79 Å². The quantitative estimate of drug-likeness (QED) is 0.816. The first-order chi connectivity index (χ1) is 11.8. The van der Waals surface area contributed by atoms with Crippen molar-refractivity contribution in [3.63, 3.8) is 0 Å². The average molecular weight is 329 g/mol. The van der Waals surface area contributed by atoms with Crippen molar-refractivity contribution in [1.82, 2.24) is 15.6 Å². The van der Waals surface area contributed by atoms with Crippen LogP contribution in [0.25, 0.3) is 0 Å². The zero-order chi connectivity index (χ0) is 16.4. The Morgan fingerprint density at radius 2 is 2.21 bits per heavy atom. The molecule has 130 valence electrons. The predicted octanol–water partition coefficient (Wildman–Crippen LogP) is 2.66. The van der Waals surface area contributed by atoms with Gasteiger partial charge in [-0.1, -0.05) is 18.9 Å². The number of hydrogen-bond acceptors (Lipinski definition) is 3. The van der Waals surface area contributed by atoms with Gasteiger partial charge in [0.1, 0.15) is 0 Å². The summed E-state index contributed by atoms with van der Waals surface area (Å²) in [5.41, 5.74) is 1.31. The Morgan fingerprint density at radius 3 is 3.00 bits per heavy atom. The first kappa shape index (κ1) is 15.9. The van der Waals surface area contributed by atoms with E-state index in [9.17, 15) is 4.79 Å². The first-order valence-electron chi connectivity index (χ1n) is 9.35. The molecule has 0 aromatic carbocycles. The van der Waals surface area contributed by atoms with Crippen LogP contribution in [0.5, 0.6) is 0 Å². The minimum Gasteiger partial charge on any atom is -0.377 e. The van der Waals surface area contributed by atoms with Crippen LogP contribution in [0.15, 0.2) is 24.4 Å². The molecule has 2 saturated carbocycles. The van der Waals surface area contributed by atoms with Crippen LogP contribution < -0.4 is 10.6 Å². The van der Waals surface area contributed by atoms with Gasteiger partial charge in [-0.05, 0) is 44.2 Å². The zero-order valence-corrected chi connectivity index (χ0v) is 14.2. The van der Waals surface area contributed by atoms with Gasteiger partial charge in [-0.2, -0.15) is 0 Å². The number of aromatic nitrogens is 1. The van der Waals surface area contributed by atoms with Gasteiger partial charge in [0, 0.05) is 42.4 Å². The summed E-state index contributed by atoms with van der Waals surface area (Å²) in [5.74, 6) is 0.530. The van der Waals surface area contributed by atoms with Gasteiger partial charge in [0.25, 0.3) is 0 Å². The third kappa shape index (κ3) is 2.79. The molecule has 3 atom stereocenters. The molecule has 3 aliphatic rings. The largest absolute Gasteiger partial charge is 0.377 e. The van der Waals surface area contributed by atoms with Crippen molar-refractivity contribution in [3.8, 4) is 0 Å². The van der Waals surface area contributed by atoms with E-state index in [4.69, 9.17) is 4.74 Å². The van der Waals surface area contributed by atoms with Crippen LogP contribution in [-0.2, 0) is 11.2 Å². The molecule has 0 bridgehead atoms. The van der Waals surface area contributed by atoms with Gasteiger partial charge in [-0.3, -0.25) is 4.98 Å². The van der Waals surface area contributed by atoms with Crippen LogP contribution in [0.3, 0.4) is 0 Å². The molecule has 2 N–H and O–H groups in total. The first-order valence-corrected chi connectivity index (χ1v) is 9.35. The number of rotatable bonds is 5. The number of hydrogen-bond donors (Lipinski definition) is 2. The van der Waals surface area contributed by atoms with Gasteiger partial charge < -0.3 is 15.4 Å². The van der Waals surface area contributed by atoms with Crippen LogP contribution in [0, 0.1) is 11.3 Å². The zero-order valence-electron chi connectivity index (χ0n) is 14.2. The molecular weight excluding hydrogens is 302 g/mol. The van der Waals surface area contributed by atoms with Crippen molar-refractivity contribution in [2.24, 2.45) is 11.3 Å². The predicted molar refractivity (Wildman–Crippen MR) is 91.6 cm³/mol. The second-order valence-corrected chi connectivity index (χ2v) is 7.49. The van der Waals surface area contributed by atoms with E-state index in [0.717, 1.165) is 31.6 Å². The maximum Gasteiger partial charge on any atom is 0.315 e. The lowest BCUT2D eigenvalue weighted by atomic mass is 9.54. The molecule has 2 heterocycles. The van der Waals surface area contributed by atoms with E-state index in [1.807, 2.05) is 24.4 Å². The van der Waals surface area contributed by atoms with E-state index in [2.05, 4.69) is 15.6 Å². The molecular formula is C19H27N3O2. The fourth-order valence-corrected chi connectivity index (χ4v) is 5.11. The maximum atomic E-state index is 12.3. The van der Waals surface area contributed by atoms with Gasteiger partial charge in [-0.15, -0.1) is 0 Å². The van der Waals surface area contributed by atoms with Crippen molar-refractivity contribution in [1.29, 1.82) is 0 Å². The molecule has 2 amide bonds. The Balaban J connectivity index is 1.24. The number of nitrogens with one attached hydrogen (secondary N) is 2. The number of carbonyl (C=O) groups is 1. The summed E-state index contributed by atoms with van der Waals surface area (Å²) in [7, 11) is 0. The Morgan fingerprint density at radius 1 is 1.33 bits per heavy atom. The van der Waals surface area contributed by atoms with Crippen LogP contribution in [-0.4, -0.2) is 36.3 Å². The van der Waals surface area contributed by atoms with Crippen molar-refractivity contribution < 1.29 is 9.53 Å². The topological polar surface area (TPSA) is 63.2 Å². The van der Waals surface area contributed by atoms with Crippen molar-refractivity contribution in [3.05, 3.63) is 30.1 Å². The summed E-state index contributed by atoms with van der Waals surface area (Å²) in [6.07, 6.45) is 10.1. The number of ether oxygens (including phenoxy) is 1. The van der Waals surface area contributed by atoms with E-state index >= 15 is 0 Å². The fraction of sp³-hybridized carbons (Fsp3) is 0.684. The summed E-state index contributed by atoms with van der Waals surface area (Å²) in [5, 5.41) is 6.29. The molecule has 4 rings (SSSR count). The Kier molecular flexibility index (Phi) is 4.44. The average Bonchev–Trinajstić information content (AvgIpc) is 3.26. The number of pyridine rings is 1. The number of aryl methyl sites for hydroxylation is 1. The van der Waals surface area contributed by atoms with E-state index in [0.29, 0.717) is 24.6 Å². The van der Waals surface area contributed by atoms with E-state index in [1.54, 1.807) is 0 Å². The highest BCUT2D eigenvalue weighted by Gasteiger charge is 2.65. The molecule has 5 nitrogen and oxygen atoms in total. The van der Waals surface area contributed by atoms with Crippen molar-refractivity contribution >= 4 is 6.03 Å². The Hall–Kier alpha value is -1.62. The van der Waals surface area contributed by atoms with Gasteiger partial charge in [0.15, 0.2) is 0 Å². The smallest absolute Gasteiger partial charge is 0.315 e. The molecule has 24 heavy (non-hydrogen) atoms. The SMILES string of the molecule is O=C(NCCCc1ccccn1)N[C@@H]1[C@@H]2CCO[C@H]2C12CCCC2. The molecule has 5 heteroatoms. The van der Waals surface area contributed by atoms with E-state index < -0.39 is 0 Å². The second kappa shape index (κ2) is 6.71. The summed E-state index contributed by atoms with van der Waals surface area (Å²) in [6, 6.07) is 6.24. The lowest BCUT2D eigenvalue weighted by molar-refractivity contribution is -0.126. The van der Waals surface area contributed by atoms with Gasteiger partial charge in [0.2, 0.25) is 0 Å². The van der Waals surface area contributed by atoms with E-state index in [1.165, 1.54) is 25.7 Å². The normalized spacial score (nSPS) is 29.9. The van der Waals surface area contributed by atoms with Crippen LogP contribution >= 0.6 is 0 Å². The number of carbonyl (C=O) groups excluding carboxylic acids is 1. The number of nitrogens with zero attached hydrogens (tertiary/aromatic N) is 1. The van der Waals surface area contributed by atoms with E-state index in [-0.39, 0.29) is 11.4 Å². The molecule has 0 radical (unpaired) electrons. The molecule has 1 spiro atoms. The standard InChI is InChI=1S/C19H27N3O2/c23-18(21-12-5-7-14-6-1-4-11-20-14)22-16-15-8-13-24-17(15)19(16)9-2-3-10-19/h1,4,6,11,15-17H,2-3,5,7-10,12-13H2,(H2,21,22,23)/t15-,16+,17+/m0/s1. The third-order valence-corrected chi connectivity index (χ3v) is 6.19. The molecule has 2 aliphatic carbocycles. The maximum absolute atomic E-state index is 12.3. The highest BCUT2D eigenvalue weighted by molar-refractivity contribution is 5.74. The second-order valence-electron chi connectivity index (χ2n) is 7.49. The molecule has 1 aliphatic heterocycles. The van der Waals surface area contributed by atoms with Crippen LogP contribution in [0.2, 0.25) is 0 Å².